The zero-order valence-electron chi connectivity index (χ0n) is 12.1. The second-order valence-corrected chi connectivity index (χ2v) is 6.32. The third-order valence-corrected chi connectivity index (χ3v) is 2.96. The van der Waals surface area contributed by atoms with Gasteiger partial charge in [0.1, 0.15) is 0 Å². The molecule has 0 fully saturated rings. The average molecular weight is 278 g/mol. The zero-order valence-corrected chi connectivity index (χ0v) is 12.9. The van der Waals surface area contributed by atoms with Crippen molar-refractivity contribution < 1.29 is 4.79 Å². The first-order valence-electron chi connectivity index (χ1n) is 6.37. The van der Waals surface area contributed by atoms with Gasteiger partial charge >= 0.3 is 0 Å². The fourth-order valence-corrected chi connectivity index (χ4v) is 1.85. The van der Waals surface area contributed by atoms with E-state index in [0.717, 1.165) is 5.56 Å². The minimum absolute atomic E-state index is 0.0301. The van der Waals surface area contributed by atoms with E-state index < -0.39 is 0 Å². The predicted molar refractivity (Wildman–Crippen MR) is 82.7 cm³/mol. The molecule has 1 amide bonds. The molecular weight excluding hydrogens is 256 g/mol. The smallest absolute Gasteiger partial charge is 0.226 e. The van der Waals surface area contributed by atoms with Gasteiger partial charge in [0.05, 0.1) is 0 Å². The van der Waals surface area contributed by atoms with Crippen LogP contribution >= 0.6 is 12.2 Å². The highest BCUT2D eigenvalue weighted by atomic mass is 32.1. The summed E-state index contributed by atoms with van der Waals surface area (Å²) in [4.78, 5) is 13.7. The number of hydrogen-bond donors (Lipinski definition) is 1. The van der Waals surface area contributed by atoms with Crippen LogP contribution in [0.4, 0.5) is 0 Å². The highest BCUT2D eigenvalue weighted by Crippen LogP contribution is 2.17. The summed E-state index contributed by atoms with van der Waals surface area (Å²) in [6.07, 6.45) is 0.465. The maximum absolute atomic E-state index is 11.8. The lowest BCUT2D eigenvalue weighted by atomic mass is 9.92. The van der Waals surface area contributed by atoms with Crippen molar-refractivity contribution >= 4 is 23.2 Å². The lowest BCUT2D eigenvalue weighted by Crippen LogP contribution is -2.41. The van der Waals surface area contributed by atoms with Crippen LogP contribution in [0.25, 0.3) is 0 Å². The molecular formula is C15H22N2OS. The summed E-state index contributed by atoms with van der Waals surface area (Å²) in [6, 6.07) is 10.0. The molecule has 0 aromatic heterocycles. The standard InChI is InChI=1S/C15H22N2OS/c1-15(2,3)10-13(18)16-14(19)17(4)11-12-8-6-5-7-9-12/h5-9H,10-11H2,1-4H3,(H,16,18,19). The zero-order chi connectivity index (χ0) is 14.5. The minimum Gasteiger partial charge on any atom is -0.348 e. The number of benzene rings is 1. The summed E-state index contributed by atoms with van der Waals surface area (Å²) in [5.41, 5.74) is 1.13. The van der Waals surface area contributed by atoms with Crippen molar-refractivity contribution in [3.05, 3.63) is 35.9 Å². The molecule has 1 N–H and O–H groups in total. The Balaban J connectivity index is 2.47. The number of amides is 1. The second kappa shape index (κ2) is 6.66. The summed E-state index contributed by atoms with van der Waals surface area (Å²) in [5, 5.41) is 3.25. The van der Waals surface area contributed by atoms with Gasteiger partial charge in [0.2, 0.25) is 5.91 Å². The molecule has 0 bridgehead atoms. The van der Waals surface area contributed by atoms with Crippen LogP contribution in [-0.4, -0.2) is 23.0 Å². The lowest BCUT2D eigenvalue weighted by molar-refractivity contribution is -0.121. The van der Waals surface area contributed by atoms with E-state index in [1.165, 1.54) is 0 Å². The molecule has 0 radical (unpaired) electrons. The van der Waals surface area contributed by atoms with Crippen molar-refractivity contribution in [3.63, 3.8) is 0 Å². The Bertz CT molecular complexity index is 437. The van der Waals surface area contributed by atoms with Gasteiger partial charge in [0.25, 0.3) is 0 Å². The van der Waals surface area contributed by atoms with Crippen LogP contribution in [0.1, 0.15) is 32.8 Å². The third-order valence-electron chi connectivity index (χ3n) is 2.55. The largest absolute Gasteiger partial charge is 0.348 e. The number of carbonyl (C=O) groups excluding carboxylic acids is 1. The number of thiocarbonyl (C=S) groups is 1. The number of nitrogens with zero attached hydrogens (tertiary/aromatic N) is 1. The fourth-order valence-electron chi connectivity index (χ4n) is 1.67. The molecule has 0 aliphatic heterocycles. The van der Waals surface area contributed by atoms with Crippen LogP contribution in [0.15, 0.2) is 30.3 Å². The summed E-state index contributed by atoms with van der Waals surface area (Å²) >= 11 is 5.24. The lowest BCUT2D eigenvalue weighted by Gasteiger charge is -2.22. The molecule has 0 aliphatic rings. The van der Waals surface area contributed by atoms with Crippen molar-refractivity contribution in [1.82, 2.24) is 10.2 Å². The Labute approximate surface area is 121 Å². The van der Waals surface area contributed by atoms with E-state index in [-0.39, 0.29) is 11.3 Å². The quantitative estimate of drug-likeness (QED) is 0.863. The third kappa shape index (κ3) is 6.34. The van der Waals surface area contributed by atoms with Gasteiger partial charge in [0.15, 0.2) is 5.11 Å². The van der Waals surface area contributed by atoms with Crippen molar-refractivity contribution in [2.24, 2.45) is 5.41 Å². The summed E-state index contributed by atoms with van der Waals surface area (Å²) < 4.78 is 0. The molecule has 19 heavy (non-hydrogen) atoms. The summed E-state index contributed by atoms with van der Waals surface area (Å²) in [5.74, 6) is -0.0302. The molecule has 1 rings (SSSR count). The monoisotopic (exact) mass is 278 g/mol. The Morgan fingerprint density at radius 1 is 1.26 bits per heavy atom. The first kappa shape index (κ1) is 15.6. The number of carbonyl (C=O) groups is 1. The SMILES string of the molecule is CN(Cc1ccccc1)C(=S)NC(=O)CC(C)(C)C. The topological polar surface area (TPSA) is 32.3 Å². The molecule has 0 unspecified atom stereocenters. The van der Waals surface area contributed by atoms with Gasteiger partial charge in [-0.15, -0.1) is 0 Å². The van der Waals surface area contributed by atoms with Gasteiger partial charge in [-0.05, 0) is 23.2 Å². The minimum atomic E-state index is -0.0302. The van der Waals surface area contributed by atoms with E-state index in [0.29, 0.717) is 18.1 Å². The molecule has 0 saturated heterocycles. The van der Waals surface area contributed by atoms with Gasteiger partial charge in [0, 0.05) is 20.0 Å². The van der Waals surface area contributed by atoms with Crippen molar-refractivity contribution in [1.29, 1.82) is 0 Å². The van der Waals surface area contributed by atoms with Crippen LogP contribution in [0, 0.1) is 5.41 Å². The van der Waals surface area contributed by atoms with Crippen LogP contribution in [0.3, 0.4) is 0 Å². The van der Waals surface area contributed by atoms with Gasteiger partial charge in [-0.1, -0.05) is 51.1 Å². The van der Waals surface area contributed by atoms with Gasteiger partial charge in [-0.3, -0.25) is 4.79 Å². The molecule has 0 spiro atoms. The van der Waals surface area contributed by atoms with Gasteiger partial charge < -0.3 is 10.2 Å². The predicted octanol–water partition coefficient (Wildman–Crippen LogP) is 2.96. The van der Waals surface area contributed by atoms with Crippen LogP contribution < -0.4 is 5.32 Å². The maximum atomic E-state index is 11.8. The normalized spacial score (nSPS) is 10.9. The maximum Gasteiger partial charge on any atom is 0.226 e. The van der Waals surface area contributed by atoms with Crippen LogP contribution in [0.5, 0.6) is 0 Å². The second-order valence-electron chi connectivity index (χ2n) is 5.93. The van der Waals surface area contributed by atoms with Crippen molar-refractivity contribution in [2.75, 3.05) is 7.05 Å². The Kier molecular flexibility index (Phi) is 5.48. The molecule has 0 saturated carbocycles. The van der Waals surface area contributed by atoms with Crippen LogP contribution in [0.2, 0.25) is 0 Å². The van der Waals surface area contributed by atoms with Gasteiger partial charge in [-0.2, -0.15) is 0 Å². The number of rotatable bonds is 3. The van der Waals surface area contributed by atoms with E-state index in [1.807, 2.05) is 63.1 Å². The molecule has 1 aromatic carbocycles. The Morgan fingerprint density at radius 3 is 2.37 bits per heavy atom. The number of nitrogens with one attached hydrogen (secondary N) is 1. The Morgan fingerprint density at radius 2 is 1.84 bits per heavy atom. The Hall–Kier alpha value is -1.42. The fraction of sp³-hybridized carbons (Fsp3) is 0.467. The van der Waals surface area contributed by atoms with Crippen LogP contribution in [-0.2, 0) is 11.3 Å². The first-order valence-corrected chi connectivity index (χ1v) is 6.77. The molecule has 1 aromatic rings. The van der Waals surface area contributed by atoms with E-state index >= 15 is 0 Å². The average Bonchev–Trinajstić information content (AvgIpc) is 2.27. The molecule has 104 valence electrons. The van der Waals surface area contributed by atoms with E-state index in [1.54, 1.807) is 0 Å². The van der Waals surface area contributed by atoms with E-state index in [9.17, 15) is 4.79 Å². The molecule has 4 heteroatoms. The number of hydrogen-bond acceptors (Lipinski definition) is 2. The molecule has 0 aliphatic carbocycles. The first-order chi connectivity index (χ1) is 8.78. The highest BCUT2D eigenvalue weighted by molar-refractivity contribution is 7.80. The van der Waals surface area contributed by atoms with E-state index in [4.69, 9.17) is 12.2 Å². The van der Waals surface area contributed by atoms with Crippen molar-refractivity contribution in [2.45, 2.75) is 33.7 Å². The van der Waals surface area contributed by atoms with Gasteiger partial charge in [-0.25, -0.2) is 0 Å². The summed E-state index contributed by atoms with van der Waals surface area (Å²) in [7, 11) is 1.88. The molecule has 0 heterocycles. The highest BCUT2D eigenvalue weighted by Gasteiger charge is 2.17. The van der Waals surface area contributed by atoms with E-state index in [2.05, 4.69) is 5.32 Å². The summed E-state index contributed by atoms with van der Waals surface area (Å²) in [6.45, 7) is 6.78. The van der Waals surface area contributed by atoms with Crippen molar-refractivity contribution in [3.8, 4) is 0 Å². The molecule has 0 atom stereocenters. The molecule has 3 nitrogen and oxygen atoms in total.